The molecule has 2 unspecified atom stereocenters. The molecule has 8 nitrogen and oxygen atoms in total. The van der Waals surface area contributed by atoms with E-state index in [0.717, 1.165) is 72.9 Å². The van der Waals surface area contributed by atoms with Gasteiger partial charge in [0.25, 0.3) is 0 Å². The average Bonchev–Trinajstić information content (AvgIpc) is 3.03. The van der Waals surface area contributed by atoms with Crippen molar-refractivity contribution in [2.24, 2.45) is 0 Å². The molecule has 0 heterocycles. The van der Waals surface area contributed by atoms with Crippen LogP contribution in [0.15, 0.2) is 44.8 Å². The molecule has 0 saturated heterocycles. The van der Waals surface area contributed by atoms with E-state index in [-0.39, 0.29) is 21.6 Å². The minimum Gasteiger partial charge on any atom is -0.387 e. The van der Waals surface area contributed by atoms with E-state index in [2.05, 4.69) is 35.3 Å². The molecule has 2 aliphatic rings. The van der Waals surface area contributed by atoms with Crippen LogP contribution < -0.4 is 10.6 Å². The predicted octanol–water partition coefficient (Wildman–Crippen LogP) is 6.49. The Hall–Kier alpha value is -3.10. The first-order valence-electron chi connectivity index (χ1n) is 14.5. The minimum atomic E-state index is 0.0279. The lowest BCUT2D eigenvalue weighted by Gasteiger charge is -2.27. The summed E-state index contributed by atoms with van der Waals surface area (Å²) in [6, 6.07) is 12.4. The molecule has 0 spiro atoms. The van der Waals surface area contributed by atoms with Gasteiger partial charge in [0.15, 0.2) is 0 Å². The highest BCUT2D eigenvalue weighted by atomic mass is 32.2. The lowest BCUT2D eigenvalue weighted by atomic mass is 9.88. The lowest BCUT2D eigenvalue weighted by molar-refractivity contribution is 0.581. The Bertz CT molecular complexity index is 1250. The third kappa shape index (κ3) is 11.4. The van der Waals surface area contributed by atoms with Crippen molar-refractivity contribution < 1.29 is 0 Å². The highest BCUT2D eigenvalue weighted by Crippen LogP contribution is 2.38. The largest absolute Gasteiger partial charge is 0.387 e. The van der Waals surface area contributed by atoms with Gasteiger partial charge in [-0.15, -0.1) is 0 Å². The summed E-state index contributed by atoms with van der Waals surface area (Å²) in [6.45, 7) is 1.41. The van der Waals surface area contributed by atoms with Crippen LogP contribution in [0.4, 0.5) is 0 Å². The van der Waals surface area contributed by atoms with Gasteiger partial charge in [0.1, 0.15) is 47.6 Å². The normalized spacial score (nSPS) is 17.8. The van der Waals surface area contributed by atoms with Gasteiger partial charge in [0.2, 0.25) is 0 Å². The quantitative estimate of drug-likeness (QED) is 0.129. The average molecular weight is 663 g/mol. The van der Waals surface area contributed by atoms with Crippen molar-refractivity contribution in [2.45, 2.75) is 61.9 Å². The fraction of sp³-hybridized carbons (Fsp3) is 0.562. The van der Waals surface area contributed by atoms with Crippen LogP contribution in [-0.4, -0.2) is 59.1 Å². The number of allylic oxidation sites excluding steroid dienone is 8. The Labute approximate surface area is 279 Å². The molecule has 0 saturated carbocycles. The molecular formula is C32H38N8S4. The van der Waals surface area contributed by atoms with Crippen LogP contribution in [0.25, 0.3) is 0 Å². The van der Waals surface area contributed by atoms with Crippen molar-refractivity contribution in [1.82, 2.24) is 10.6 Å². The number of rotatable bonds is 17. The molecular weight excluding hydrogens is 625 g/mol. The molecule has 0 fully saturated rings. The van der Waals surface area contributed by atoms with Crippen LogP contribution in [0.5, 0.6) is 0 Å². The van der Waals surface area contributed by atoms with E-state index in [1.807, 2.05) is 47.8 Å². The van der Waals surface area contributed by atoms with Crippen molar-refractivity contribution in [1.29, 1.82) is 31.6 Å². The molecule has 44 heavy (non-hydrogen) atoms. The zero-order valence-corrected chi connectivity index (χ0v) is 28.6. The first-order valence-corrected chi connectivity index (χ1v) is 19.4. The van der Waals surface area contributed by atoms with Gasteiger partial charge >= 0.3 is 0 Å². The van der Waals surface area contributed by atoms with Crippen LogP contribution in [0.1, 0.15) is 51.4 Å². The van der Waals surface area contributed by atoms with Crippen molar-refractivity contribution in [3.05, 3.63) is 44.8 Å². The maximum Gasteiger partial charge on any atom is 0.134 e. The summed E-state index contributed by atoms with van der Waals surface area (Å²) in [5, 5.41) is 65.0. The molecule has 0 aliphatic heterocycles. The number of nitrogens with zero attached hydrogens (tertiary/aromatic N) is 6. The monoisotopic (exact) mass is 662 g/mol. The van der Waals surface area contributed by atoms with E-state index in [4.69, 9.17) is 0 Å². The molecule has 0 amide bonds. The summed E-state index contributed by atoms with van der Waals surface area (Å²) in [5.41, 5.74) is 3.72. The third-order valence-corrected chi connectivity index (χ3v) is 11.5. The van der Waals surface area contributed by atoms with Gasteiger partial charge in [0.05, 0.1) is 11.1 Å². The van der Waals surface area contributed by atoms with E-state index in [0.29, 0.717) is 48.2 Å². The van der Waals surface area contributed by atoms with E-state index in [1.54, 1.807) is 23.5 Å². The van der Waals surface area contributed by atoms with Crippen molar-refractivity contribution in [2.75, 3.05) is 48.6 Å². The summed E-state index contributed by atoms with van der Waals surface area (Å²) < 4.78 is 0. The van der Waals surface area contributed by atoms with E-state index >= 15 is 0 Å². The van der Waals surface area contributed by atoms with Gasteiger partial charge in [-0.1, -0.05) is 12.8 Å². The number of nitrogens with one attached hydrogen (secondary N) is 2. The molecule has 0 aromatic heterocycles. The molecule has 0 radical (unpaired) electrons. The fourth-order valence-electron chi connectivity index (χ4n) is 5.11. The molecule has 0 bridgehead atoms. The van der Waals surface area contributed by atoms with Gasteiger partial charge in [-0.2, -0.15) is 78.6 Å². The first kappa shape index (κ1) is 37.1. The van der Waals surface area contributed by atoms with Gasteiger partial charge < -0.3 is 10.6 Å². The summed E-state index contributed by atoms with van der Waals surface area (Å²) in [4.78, 5) is 0. The van der Waals surface area contributed by atoms with E-state index in [9.17, 15) is 31.6 Å². The second kappa shape index (κ2) is 21.6. The number of unbranched alkanes of at least 4 members (excludes halogenated alkanes) is 3. The Balaban J connectivity index is 1.94. The first-order chi connectivity index (χ1) is 21.5. The number of hydrogen-bond acceptors (Lipinski definition) is 12. The van der Waals surface area contributed by atoms with Crippen LogP contribution in [-0.2, 0) is 0 Å². The van der Waals surface area contributed by atoms with Gasteiger partial charge in [-0.25, -0.2) is 0 Å². The second-order valence-electron chi connectivity index (χ2n) is 10.1. The Morgan fingerprint density at radius 2 is 0.977 bits per heavy atom. The topological polar surface area (TPSA) is 167 Å². The highest BCUT2D eigenvalue weighted by Gasteiger charge is 2.29. The van der Waals surface area contributed by atoms with Gasteiger partial charge in [0, 0.05) is 82.0 Å². The molecule has 2 N–H and O–H groups in total. The van der Waals surface area contributed by atoms with E-state index in [1.165, 1.54) is 0 Å². The van der Waals surface area contributed by atoms with Gasteiger partial charge in [-0.05, 0) is 38.2 Å². The maximum absolute atomic E-state index is 9.88. The zero-order valence-electron chi connectivity index (χ0n) is 25.4. The number of hydrogen-bond donors (Lipinski definition) is 2. The zero-order chi connectivity index (χ0) is 32.2. The van der Waals surface area contributed by atoms with Crippen LogP contribution >= 0.6 is 47.0 Å². The molecule has 0 aromatic carbocycles. The third-order valence-electron chi connectivity index (χ3n) is 7.27. The Kier molecular flexibility index (Phi) is 18.2. The molecule has 2 aliphatic carbocycles. The lowest BCUT2D eigenvalue weighted by Crippen LogP contribution is -2.26. The van der Waals surface area contributed by atoms with Crippen LogP contribution in [0.2, 0.25) is 0 Å². The number of nitriles is 6. The fourth-order valence-corrected chi connectivity index (χ4v) is 9.01. The highest BCUT2D eigenvalue weighted by molar-refractivity contribution is 8.03. The summed E-state index contributed by atoms with van der Waals surface area (Å²) >= 11 is 7.23. The molecule has 12 heteroatoms. The molecule has 2 atom stereocenters. The van der Waals surface area contributed by atoms with Gasteiger partial charge in [-0.3, -0.25) is 0 Å². The maximum atomic E-state index is 9.88. The summed E-state index contributed by atoms with van der Waals surface area (Å²) in [7, 11) is 0. The molecule has 230 valence electrons. The summed E-state index contributed by atoms with van der Waals surface area (Å²) in [5.74, 6) is 4.02. The van der Waals surface area contributed by atoms with Crippen LogP contribution in [0.3, 0.4) is 0 Å². The Morgan fingerprint density at radius 3 is 1.30 bits per heavy atom. The Morgan fingerprint density at radius 1 is 0.591 bits per heavy atom. The standard InChI is InChI=1S/C32H38N8S4/c1-41-9-11-43-25-13-27(23(17-33)18-34)29(21-37)31(15-25)39-7-5-3-4-6-8-40-32-16-26(44-12-10-42-2)14-28(30(32)22-38)24(19-35)20-36/h25-26,39-40H,3-16H2,1-2H3. The summed E-state index contributed by atoms with van der Waals surface area (Å²) in [6.07, 6.45) is 10.5. The van der Waals surface area contributed by atoms with Crippen molar-refractivity contribution in [3.8, 4) is 36.4 Å². The van der Waals surface area contributed by atoms with Crippen LogP contribution in [0, 0.1) is 68.0 Å². The SMILES string of the molecule is CSCCSC1CC(NCCCCCCNC2=C(C#N)C(=C(C#N)C#N)CC(SCCSC)C2)=C(C#N)C(=C(C#N)C#N)C1. The van der Waals surface area contributed by atoms with E-state index < -0.39 is 0 Å². The predicted molar refractivity (Wildman–Crippen MR) is 184 cm³/mol. The smallest absolute Gasteiger partial charge is 0.134 e. The molecule has 0 aromatic rings. The number of thioether (sulfide) groups is 4. The van der Waals surface area contributed by atoms with Crippen molar-refractivity contribution in [3.63, 3.8) is 0 Å². The van der Waals surface area contributed by atoms with Crippen molar-refractivity contribution >= 4 is 47.0 Å². The second-order valence-corrected chi connectivity index (χ2v) is 14.9. The minimum absolute atomic E-state index is 0.0279. The molecule has 2 rings (SSSR count).